The second kappa shape index (κ2) is 2.72. The highest BCUT2D eigenvalue weighted by molar-refractivity contribution is 5.81. The summed E-state index contributed by atoms with van der Waals surface area (Å²) in [6, 6.07) is 0. The van der Waals surface area contributed by atoms with E-state index in [9.17, 15) is 9.59 Å². The molecule has 2 saturated heterocycles. The number of nitrogens with zero attached hydrogens (tertiary/aromatic N) is 1. The third kappa shape index (κ3) is 1.30. The molecule has 4 nitrogen and oxygen atoms in total. The highest BCUT2D eigenvalue weighted by atomic mass is 16.2. The van der Waals surface area contributed by atoms with Crippen LogP contribution in [0.2, 0.25) is 0 Å². The van der Waals surface area contributed by atoms with E-state index in [4.69, 9.17) is 0 Å². The van der Waals surface area contributed by atoms with Gasteiger partial charge in [0.25, 0.3) is 0 Å². The average molecular weight is 182 g/mol. The highest BCUT2D eigenvalue weighted by Gasteiger charge is 2.49. The van der Waals surface area contributed by atoms with Gasteiger partial charge in [-0.25, -0.2) is 0 Å². The van der Waals surface area contributed by atoms with Crippen LogP contribution in [-0.2, 0) is 9.59 Å². The van der Waals surface area contributed by atoms with Crippen LogP contribution in [-0.4, -0.2) is 36.3 Å². The van der Waals surface area contributed by atoms with Crippen LogP contribution in [0.3, 0.4) is 0 Å². The first-order valence-corrected chi connectivity index (χ1v) is 4.70. The van der Waals surface area contributed by atoms with Crippen molar-refractivity contribution in [1.82, 2.24) is 10.2 Å². The Bertz CT molecular complexity index is 256. The fourth-order valence-corrected chi connectivity index (χ4v) is 2.14. The minimum atomic E-state index is 0.0852. The van der Waals surface area contributed by atoms with Crippen molar-refractivity contribution in [2.75, 3.05) is 19.6 Å². The van der Waals surface area contributed by atoms with Gasteiger partial charge in [0.05, 0.1) is 0 Å². The molecule has 0 saturated carbocycles. The summed E-state index contributed by atoms with van der Waals surface area (Å²) in [5.41, 5.74) is 0.0852. The summed E-state index contributed by atoms with van der Waals surface area (Å²) in [4.78, 5) is 24.1. The summed E-state index contributed by atoms with van der Waals surface area (Å²) in [6.45, 7) is 4.14. The normalized spacial score (nSPS) is 24.4. The maximum Gasteiger partial charge on any atom is 0.222 e. The van der Waals surface area contributed by atoms with E-state index in [0.29, 0.717) is 12.8 Å². The summed E-state index contributed by atoms with van der Waals surface area (Å²) in [7, 11) is 0. The van der Waals surface area contributed by atoms with Crippen LogP contribution in [0.5, 0.6) is 0 Å². The summed E-state index contributed by atoms with van der Waals surface area (Å²) in [5, 5.41) is 2.81. The number of carbonyl (C=O) groups is 2. The Morgan fingerprint density at radius 3 is 2.77 bits per heavy atom. The van der Waals surface area contributed by atoms with E-state index in [1.54, 1.807) is 0 Å². The van der Waals surface area contributed by atoms with Crippen molar-refractivity contribution in [2.24, 2.45) is 5.41 Å². The third-order valence-electron chi connectivity index (χ3n) is 2.90. The largest absolute Gasteiger partial charge is 0.355 e. The fourth-order valence-electron chi connectivity index (χ4n) is 2.14. The first-order chi connectivity index (χ1) is 6.15. The van der Waals surface area contributed by atoms with Crippen molar-refractivity contribution < 1.29 is 9.59 Å². The molecule has 0 aromatic carbocycles. The van der Waals surface area contributed by atoms with Crippen LogP contribution in [0.25, 0.3) is 0 Å². The Kier molecular flexibility index (Phi) is 1.78. The van der Waals surface area contributed by atoms with E-state index in [1.165, 1.54) is 0 Å². The maximum atomic E-state index is 11.2. The molecule has 2 heterocycles. The molecule has 2 aliphatic heterocycles. The molecule has 72 valence electrons. The van der Waals surface area contributed by atoms with E-state index >= 15 is 0 Å². The van der Waals surface area contributed by atoms with Crippen LogP contribution >= 0.6 is 0 Å². The first kappa shape index (κ1) is 8.53. The molecule has 0 aromatic heterocycles. The summed E-state index contributed by atoms with van der Waals surface area (Å²) >= 11 is 0. The molecule has 0 bridgehead atoms. The summed E-state index contributed by atoms with van der Waals surface area (Å²) in [6.07, 6.45) is 1.16. The molecular formula is C9H14N2O2. The molecule has 0 radical (unpaired) electrons. The van der Waals surface area contributed by atoms with Crippen molar-refractivity contribution in [1.29, 1.82) is 0 Å². The Morgan fingerprint density at radius 1 is 1.62 bits per heavy atom. The standard InChI is InChI=1S/C9H14N2O2/c1-2-8(13)11-5-9(6-11)3-7(12)10-4-9/h2-6H2,1H3,(H,10,12). The van der Waals surface area contributed by atoms with Gasteiger partial charge in [-0.15, -0.1) is 0 Å². The van der Waals surface area contributed by atoms with E-state index in [0.717, 1.165) is 19.6 Å². The minimum absolute atomic E-state index is 0.0852. The molecule has 2 aliphatic rings. The molecule has 2 amide bonds. The molecule has 13 heavy (non-hydrogen) atoms. The molecular weight excluding hydrogens is 168 g/mol. The molecule has 1 spiro atoms. The lowest BCUT2D eigenvalue weighted by Crippen LogP contribution is -2.59. The predicted octanol–water partition coefficient (Wildman–Crippen LogP) is -0.255. The average Bonchev–Trinajstić information content (AvgIpc) is 2.43. The molecule has 2 rings (SSSR count). The van der Waals surface area contributed by atoms with E-state index in [2.05, 4.69) is 5.32 Å². The minimum Gasteiger partial charge on any atom is -0.355 e. The van der Waals surface area contributed by atoms with Gasteiger partial charge < -0.3 is 10.2 Å². The SMILES string of the molecule is CCC(=O)N1CC2(CNC(=O)C2)C1. The molecule has 1 N–H and O–H groups in total. The Morgan fingerprint density at radius 2 is 2.31 bits per heavy atom. The molecule has 0 aromatic rings. The smallest absolute Gasteiger partial charge is 0.222 e. The summed E-state index contributed by atoms with van der Waals surface area (Å²) < 4.78 is 0. The van der Waals surface area contributed by atoms with Crippen LogP contribution in [0.15, 0.2) is 0 Å². The molecule has 0 aliphatic carbocycles. The van der Waals surface area contributed by atoms with Crippen LogP contribution in [0, 0.1) is 5.41 Å². The van der Waals surface area contributed by atoms with Gasteiger partial charge in [-0.3, -0.25) is 9.59 Å². The number of likely N-dealkylation sites (tertiary alicyclic amines) is 1. The second-order valence-electron chi connectivity index (χ2n) is 4.06. The van der Waals surface area contributed by atoms with Crippen molar-refractivity contribution >= 4 is 11.8 Å². The Labute approximate surface area is 77.3 Å². The lowest BCUT2D eigenvalue weighted by atomic mass is 9.79. The third-order valence-corrected chi connectivity index (χ3v) is 2.90. The monoisotopic (exact) mass is 182 g/mol. The Hall–Kier alpha value is -1.06. The van der Waals surface area contributed by atoms with Gasteiger partial charge in [-0.2, -0.15) is 0 Å². The molecule has 4 heteroatoms. The molecule has 2 fully saturated rings. The lowest BCUT2D eigenvalue weighted by molar-refractivity contribution is -0.142. The number of nitrogens with one attached hydrogen (secondary N) is 1. The zero-order chi connectivity index (χ0) is 9.47. The van der Waals surface area contributed by atoms with Gasteiger partial charge in [0.15, 0.2) is 0 Å². The zero-order valence-corrected chi connectivity index (χ0v) is 7.80. The summed E-state index contributed by atoms with van der Waals surface area (Å²) in [5.74, 6) is 0.327. The van der Waals surface area contributed by atoms with Gasteiger partial charge in [0.2, 0.25) is 11.8 Å². The number of amides is 2. The van der Waals surface area contributed by atoms with Crippen molar-refractivity contribution in [3.05, 3.63) is 0 Å². The van der Waals surface area contributed by atoms with E-state index in [-0.39, 0.29) is 17.2 Å². The fraction of sp³-hybridized carbons (Fsp3) is 0.778. The maximum absolute atomic E-state index is 11.2. The lowest BCUT2D eigenvalue weighted by Gasteiger charge is -2.46. The Balaban J connectivity index is 1.90. The van der Waals surface area contributed by atoms with Gasteiger partial charge >= 0.3 is 0 Å². The van der Waals surface area contributed by atoms with E-state index in [1.807, 2.05) is 11.8 Å². The number of hydrogen-bond acceptors (Lipinski definition) is 2. The topological polar surface area (TPSA) is 49.4 Å². The van der Waals surface area contributed by atoms with Crippen LogP contribution in [0.1, 0.15) is 19.8 Å². The molecule has 0 atom stereocenters. The van der Waals surface area contributed by atoms with Gasteiger partial charge in [-0.1, -0.05) is 6.92 Å². The van der Waals surface area contributed by atoms with Crippen molar-refractivity contribution in [3.8, 4) is 0 Å². The van der Waals surface area contributed by atoms with Gasteiger partial charge in [0, 0.05) is 37.9 Å². The quantitative estimate of drug-likeness (QED) is 0.607. The van der Waals surface area contributed by atoms with Crippen LogP contribution < -0.4 is 5.32 Å². The van der Waals surface area contributed by atoms with Crippen molar-refractivity contribution in [2.45, 2.75) is 19.8 Å². The van der Waals surface area contributed by atoms with Crippen molar-refractivity contribution in [3.63, 3.8) is 0 Å². The number of rotatable bonds is 1. The first-order valence-electron chi connectivity index (χ1n) is 4.70. The predicted molar refractivity (Wildman–Crippen MR) is 46.9 cm³/mol. The van der Waals surface area contributed by atoms with E-state index < -0.39 is 0 Å². The van der Waals surface area contributed by atoms with Crippen LogP contribution in [0.4, 0.5) is 0 Å². The number of hydrogen-bond donors (Lipinski definition) is 1. The van der Waals surface area contributed by atoms with Gasteiger partial charge in [0.1, 0.15) is 0 Å². The second-order valence-corrected chi connectivity index (χ2v) is 4.06. The molecule has 0 unspecified atom stereocenters. The number of carbonyl (C=O) groups excluding carboxylic acids is 2. The highest BCUT2D eigenvalue weighted by Crippen LogP contribution is 2.36. The van der Waals surface area contributed by atoms with Gasteiger partial charge in [-0.05, 0) is 0 Å². The zero-order valence-electron chi connectivity index (χ0n) is 7.80.